The highest BCUT2D eigenvalue weighted by molar-refractivity contribution is 6.01. The summed E-state index contributed by atoms with van der Waals surface area (Å²) in [5.74, 6) is -2.45. The summed E-state index contributed by atoms with van der Waals surface area (Å²) in [5, 5.41) is 48.2. The second-order valence-corrected chi connectivity index (χ2v) is 17.6. The average Bonchev–Trinajstić information content (AvgIpc) is 3.29. The summed E-state index contributed by atoms with van der Waals surface area (Å²) >= 11 is 0. The maximum atomic E-state index is 11.4. The molecule has 0 saturated carbocycles. The van der Waals surface area contributed by atoms with Crippen molar-refractivity contribution in [2.24, 2.45) is 0 Å². The number of ketones is 5. The minimum atomic E-state index is -0.463. The first-order chi connectivity index (χ1) is 35.9. The number of phenolic OH excluding ortho intramolecular Hbond substituents is 5. The number of hydrogen-bond acceptors (Lipinski definition) is 20. The van der Waals surface area contributed by atoms with Gasteiger partial charge in [-0.25, -0.2) is 0 Å². The highest BCUT2D eigenvalue weighted by Crippen LogP contribution is 2.36. The quantitative estimate of drug-likeness (QED) is 0.0493. The number of Topliss-reactive ketones (excluding diaryl/α,β-unsaturated/α-hetero) is 5. The Hall–Kier alpha value is -9.20. The molecule has 0 amide bonds. The molecule has 5 aromatic rings. The summed E-state index contributed by atoms with van der Waals surface area (Å²) in [7, 11) is 0. The third-order valence-corrected chi connectivity index (χ3v) is 11.0. The molecule has 0 aliphatic rings. The van der Waals surface area contributed by atoms with E-state index in [0.29, 0.717) is 67.5 Å². The van der Waals surface area contributed by atoms with E-state index in [-0.39, 0.29) is 91.2 Å². The van der Waals surface area contributed by atoms with E-state index < -0.39 is 29.8 Å². The molecule has 0 aliphatic heterocycles. The van der Waals surface area contributed by atoms with Crippen LogP contribution in [-0.2, 0) is 24.0 Å². The van der Waals surface area contributed by atoms with Crippen molar-refractivity contribution in [2.45, 2.75) is 125 Å². The number of carbonyl (C=O) groups excluding carboxylic acids is 10. The van der Waals surface area contributed by atoms with Gasteiger partial charge in [0.25, 0.3) is 0 Å². The Morgan fingerprint density at radius 3 is 1.15 bits per heavy atom. The highest BCUT2D eigenvalue weighted by Gasteiger charge is 2.21. The van der Waals surface area contributed by atoms with Crippen LogP contribution in [0, 0.1) is 55.4 Å². The van der Waals surface area contributed by atoms with Crippen LogP contribution in [0.15, 0.2) is 42.5 Å². The lowest BCUT2D eigenvalue weighted by atomic mass is 10.00. The maximum absolute atomic E-state index is 11.4. The Bertz CT molecular complexity index is 3200. The molecule has 5 rings (SSSR count). The molecule has 78 heavy (non-hydrogen) atoms. The van der Waals surface area contributed by atoms with Crippen molar-refractivity contribution in [3.05, 3.63) is 115 Å². The van der Waals surface area contributed by atoms with Gasteiger partial charge in [0.1, 0.15) is 57.5 Å². The van der Waals surface area contributed by atoms with Gasteiger partial charge in [-0.3, -0.25) is 47.9 Å². The third-order valence-electron chi connectivity index (χ3n) is 11.0. The molecule has 0 unspecified atom stereocenters. The van der Waals surface area contributed by atoms with Gasteiger partial charge in [-0.1, -0.05) is 0 Å². The van der Waals surface area contributed by atoms with Gasteiger partial charge in [-0.15, -0.1) is 0 Å². The number of esters is 5. The summed E-state index contributed by atoms with van der Waals surface area (Å²) in [6.45, 7) is 26.4. The van der Waals surface area contributed by atoms with Crippen LogP contribution in [0.1, 0.15) is 166 Å². The van der Waals surface area contributed by atoms with E-state index in [2.05, 4.69) is 0 Å². The average molecular weight is 1080 g/mol. The molecule has 0 fully saturated rings. The van der Waals surface area contributed by atoms with Crippen molar-refractivity contribution in [3.8, 4) is 57.5 Å². The Labute approximate surface area is 451 Å². The molecular formula is C58H66O20. The molecule has 0 heterocycles. The lowest BCUT2D eigenvalue weighted by molar-refractivity contribution is -0.132. The van der Waals surface area contributed by atoms with Gasteiger partial charge in [-0.2, -0.15) is 0 Å². The minimum absolute atomic E-state index is 0.0547. The fraction of sp³-hybridized carbons (Fsp3) is 0.310. The molecule has 5 aromatic carbocycles. The van der Waals surface area contributed by atoms with Gasteiger partial charge in [0.15, 0.2) is 28.9 Å². The van der Waals surface area contributed by atoms with Crippen molar-refractivity contribution < 1.29 is 97.2 Å². The Kier molecular flexibility index (Phi) is 25.0. The number of benzene rings is 5. The van der Waals surface area contributed by atoms with E-state index in [9.17, 15) is 73.5 Å². The van der Waals surface area contributed by atoms with Crippen LogP contribution < -0.4 is 23.7 Å². The minimum Gasteiger partial charge on any atom is -0.507 e. The Morgan fingerprint density at radius 2 is 0.718 bits per heavy atom. The molecule has 5 N–H and O–H groups in total. The van der Waals surface area contributed by atoms with E-state index in [1.54, 1.807) is 61.5 Å². The topological polar surface area (TPSA) is 318 Å². The smallest absolute Gasteiger partial charge is 0.308 e. The second-order valence-electron chi connectivity index (χ2n) is 17.6. The number of carbonyl (C=O) groups is 10. The molecule has 0 aromatic heterocycles. The zero-order chi connectivity index (χ0) is 60.5. The zero-order valence-corrected chi connectivity index (χ0v) is 46.9. The number of aryl methyl sites for hydroxylation is 3. The molecule has 0 saturated heterocycles. The summed E-state index contributed by atoms with van der Waals surface area (Å²) in [5.41, 5.74) is 5.17. The molecule has 0 aliphatic carbocycles. The van der Waals surface area contributed by atoms with Gasteiger partial charge < -0.3 is 49.2 Å². The SMILES string of the molecule is CC(=O)Oc1c(C)cc(O)c(C(C)=O)c1C.CC(=O)Oc1cc(C(C)=O)c(O)c(C)c1C.CC(=O)Oc1cc(C)c(O)c(C(C)=O)c1.CC(=O)Oc1cc(C)c(O)c(C(C)=O)c1C.CC(=O)Oc1ccc(O)c(C(C)=O)c1C. The molecule has 0 radical (unpaired) electrons. The van der Waals surface area contributed by atoms with Crippen LogP contribution in [0.3, 0.4) is 0 Å². The van der Waals surface area contributed by atoms with Crippen LogP contribution in [0.25, 0.3) is 0 Å². The highest BCUT2D eigenvalue weighted by atomic mass is 16.6. The van der Waals surface area contributed by atoms with Gasteiger partial charge in [0.05, 0.1) is 27.8 Å². The standard InChI is InChI=1S/3C12H14O4.2C11H12O4/c1-6-7(2)12(15)10(8(3)13)5-11(6)16-9(4)14;1-6-5-10(15)11(8(3)13)7(2)12(6)16-9(4)14;1-6-5-10(16-9(4)14)7(2)11(8(3)13)12(6)15;1-6-4-9(15-8(3)13)5-10(7(2)12)11(6)14;1-6-10(15-8(3)13)5-4-9(14)11(6)7(2)12/h3*5,15H,1-4H3;2*4-5,14H,1-3H3. The summed E-state index contributed by atoms with van der Waals surface area (Å²) in [6, 6.07) is 10.00. The number of phenols is 5. The van der Waals surface area contributed by atoms with Crippen molar-refractivity contribution in [2.75, 3.05) is 0 Å². The Balaban J connectivity index is 0.000000488. The first-order valence-corrected chi connectivity index (χ1v) is 23.5. The molecule has 20 nitrogen and oxygen atoms in total. The van der Waals surface area contributed by atoms with Gasteiger partial charge in [-0.05, 0) is 160 Å². The predicted octanol–water partition coefficient (Wildman–Crippen LogP) is 10.1. The fourth-order valence-corrected chi connectivity index (χ4v) is 7.28. The largest absolute Gasteiger partial charge is 0.507 e. The summed E-state index contributed by atoms with van der Waals surface area (Å²) in [4.78, 5) is 111. The summed E-state index contributed by atoms with van der Waals surface area (Å²) in [6.07, 6.45) is 0. The molecule has 20 heteroatoms. The van der Waals surface area contributed by atoms with Gasteiger partial charge in [0.2, 0.25) is 0 Å². The van der Waals surface area contributed by atoms with Crippen LogP contribution >= 0.6 is 0 Å². The van der Waals surface area contributed by atoms with Crippen LogP contribution in [0.2, 0.25) is 0 Å². The van der Waals surface area contributed by atoms with Crippen molar-refractivity contribution in [3.63, 3.8) is 0 Å². The van der Waals surface area contributed by atoms with Crippen molar-refractivity contribution in [1.82, 2.24) is 0 Å². The number of ether oxygens (including phenoxy) is 5. The monoisotopic (exact) mass is 1080 g/mol. The van der Waals surface area contributed by atoms with Gasteiger partial charge >= 0.3 is 29.8 Å². The molecule has 0 bridgehead atoms. The number of hydrogen-bond donors (Lipinski definition) is 5. The number of rotatable bonds is 10. The van der Waals surface area contributed by atoms with Crippen molar-refractivity contribution in [1.29, 1.82) is 0 Å². The van der Waals surface area contributed by atoms with Crippen LogP contribution in [0.4, 0.5) is 0 Å². The van der Waals surface area contributed by atoms with E-state index >= 15 is 0 Å². The van der Waals surface area contributed by atoms with E-state index in [0.717, 1.165) is 0 Å². The van der Waals surface area contributed by atoms with E-state index in [4.69, 9.17) is 23.7 Å². The Morgan fingerprint density at radius 1 is 0.321 bits per heavy atom. The number of aromatic hydroxyl groups is 5. The maximum Gasteiger partial charge on any atom is 0.308 e. The fourth-order valence-electron chi connectivity index (χ4n) is 7.28. The molecular weight excluding hydrogens is 1020 g/mol. The normalized spacial score (nSPS) is 9.92. The lowest BCUT2D eigenvalue weighted by Crippen LogP contribution is -2.07. The first kappa shape index (κ1) is 66.8. The van der Waals surface area contributed by atoms with E-state index in [1.807, 2.05) is 0 Å². The second kappa shape index (κ2) is 29.2. The van der Waals surface area contributed by atoms with Crippen LogP contribution in [0.5, 0.6) is 57.5 Å². The molecule has 418 valence electrons. The van der Waals surface area contributed by atoms with E-state index in [1.165, 1.54) is 106 Å². The summed E-state index contributed by atoms with van der Waals surface area (Å²) < 4.78 is 24.7. The first-order valence-electron chi connectivity index (χ1n) is 23.5. The molecule has 0 spiro atoms. The zero-order valence-electron chi connectivity index (χ0n) is 46.9. The molecule has 0 atom stereocenters. The third kappa shape index (κ3) is 18.9. The van der Waals surface area contributed by atoms with Crippen LogP contribution in [-0.4, -0.2) is 84.3 Å². The lowest BCUT2D eigenvalue weighted by Gasteiger charge is -2.13. The van der Waals surface area contributed by atoms with Gasteiger partial charge in [0, 0.05) is 51.3 Å². The van der Waals surface area contributed by atoms with Crippen molar-refractivity contribution >= 4 is 58.8 Å². The predicted molar refractivity (Wildman–Crippen MR) is 285 cm³/mol.